The summed E-state index contributed by atoms with van der Waals surface area (Å²) in [5.74, 6) is -2.76. The molecule has 2 aromatic carbocycles. The fraction of sp³-hybridized carbons (Fsp3) is 0.0952. The van der Waals surface area contributed by atoms with Gasteiger partial charge >= 0.3 is 5.97 Å². The summed E-state index contributed by atoms with van der Waals surface area (Å²) >= 11 is 0. The lowest BCUT2D eigenvalue weighted by atomic mass is 10.1. The zero-order valence-electron chi connectivity index (χ0n) is 16.0. The van der Waals surface area contributed by atoms with Gasteiger partial charge in [0.1, 0.15) is 5.82 Å². The van der Waals surface area contributed by atoms with Crippen LogP contribution in [-0.2, 0) is 4.79 Å². The van der Waals surface area contributed by atoms with Gasteiger partial charge in [-0.25, -0.2) is 9.78 Å². The largest absolute Gasteiger partial charge is 0.478 e. The fourth-order valence-corrected chi connectivity index (χ4v) is 3.25. The first kappa shape index (κ1) is 19.1. The van der Waals surface area contributed by atoms with Crippen molar-refractivity contribution in [2.75, 3.05) is 24.7 Å². The normalized spacial score (nSPS) is 12.5. The van der Waals surface area contributed by atoms with E-state index in [4.69, 9.17) is 0 Å². The molecule has 0 unspecified atom stereocenters. The molecule has 0 bridgehead atoms. The lowest BCUT2D eigenvalue weighted by molar-refractivity contribution is -0.112. The number of carbonyl (C=O) groups excluding carboxylic acids is 3. The Kier molecular flexibility index (Phi) is 4.42. The van der Waals surface area contributed by atoms with Crippen LogP contribution in [0.2, 0.25) is 0 Å². The molecule has 0 saturated heterocycles. The van der Waals surface area contributed by atoms with E-state index in [0.29, 0.717) is 22.2 Å². The van der Waals surface area contributed by atoms with Crippen molar-refractivity contribution in [3.63, 3.8) is 0 Å². The van der Waals surface area contributed by atoms with Crippen molar-refractivity contribution in [1.29, 1.82) is 0 Å². The van der Waals surface area contributed by atoms with E-state index in [1.54, 1.807) is 38.4 Å². The zero-order chi connectivity index (χ0) is 21.6. The number of aromatic nitrogens is 1. The molecule has 0 spiro atoms. The number of fused-ring (bicyclic) bond motifs is 3. The fourth-order valence-electron chi connectivity index (χ4n) is 3.25. The number of aromatic carboxylic acids is 1. The summed E-state index contributed by atoms with van der Waals surface area (Å²) in [5, 5.41) is 15.2. The molecule has 150 valence electrons. The van der Waals surface area contributed by atoms with E-state index < -0.39 is 17.7 Å². The molecule has 30 heavy (non-hydrogen) atoms. The van der Waals surface area contributed by atoms with Crippen LogP contribution in [0.3, 0.4) is 0 Å². The van der Waals surface area contributed by atoms with Crippen LogP contribution in [-0.4, -0.2) is 52.7 Å². The Balaban J connectivity index is 1.86. The summed E-state index contributed by atoms with van der Waals surface area (Å²) in [7, 11) is 3.27. The summed E-state index contributed by atoms with van der Waals surface area (Å²) in [4.78, 5) is 53.8. The standard InChI is InChI=1S/C21H16N4O5/c1-25(2)20(28)10-4-3-5-12(8-10)22-18-15-16(24-19(27)17(15)26)13-7-6-11(21(29)30)9-14(13)23-18/h3-9H,1-2H3,(H,22,23)(H,29,30)(H,24,26,27). The maximum absolute atomic E-state index is 12.4. The van der Waals surface area contributed by atoms with Crippen LogP contribution in [0.25, 0.3) is 10.9 Å². The second-order valence-electron chi connectivity index (χ2n) is 6.94. The van der Waals surface area contributed by atoms with Crippen LogP contribution in [0.4, 0.5) is 17.2 Å². The molecule has 0 atom stereocenters. The molecule has 0 saturated carbocycles. The third-order valence-electron chi connectivity index (χ3n) is 4.68. The highest BCUT2D eigenvalue weighted by Gasteiger charge is 2.34. The Hall–Kier alpha value is -4.27. The number of carboxylic acid groups (broad SMARTS) is 1. The molecule has 0 radical (unpaired) electrons. The number of nitrogens with one attached hydrogen (secondary N) is 2. The van der Waals surface area contributed by atoms with Gasteiger partial charge in [-0.1, -0.05) is 6.07 Å². The van der Waals surface area contributed by atoms with E-state index in [2.05, 4.69) is 15.6 Å². The maximum atomic E-state index is 12.4. The molecule has 1 aliphatic rings. The minimum absolute atomic E-state index is 0.0233. The number of carbonyl (C=O) groups is 4. The molecule has 0 fully saturated rings. The van der Waals surface area contributed by atoms with Crippen molar-refractivity contribution in [3.8, 4) is 0 Å². The number of rotatable bonds is 4. The van der Waals surface area contributed by atoms with Gasteiger partial charge in [0.25, 0.3) is 17.6 Å². The summed E-state index contributed by atoms with van der Waals surface area (Å²) in [6.07, 6.45) is 0. The number of benzene rings is 2. The number of amides is 2. The van der Waals surface area contributed by atoms with Gasteiger partial charge < -0.3 is 20.6 Å². The zero-order valence-corrected chi connectivity index (χ0v) is 16.0. The predicted molar refractivity (Wildman–Crippen MR) is 109 cm³/mol. The van der Waals surface area contributed by atoms with Crippen LogP contribution in [0.5, 0.6) is 0 Å². The topological polar surface area (TPSA) is 129 Å². The molecule has 3 aromatic rings. The summed E-state index contributed by atoms with van der Waals surface area (Å²) < 4.78 is 0. The summed E-state index contributed by atoms with van der Waals surface area (Å²) in [6, 6.07) is 10.9. The highest BCUT2D eigenvalue weighted by molar-refractivity contribution is 6.54. The second-order valence-corrected chi connectivity index (χ2v) is 6.94. The van der Waals surface area contributed by atoms with Gasteiger partial charge in [-0.3, -0.25) is 14.4 Å². The van der Waals surface area contributed by atoms with Gasteiger partial charge in [0.2, 0.25) is 0 Å². The van der Waals surface area contributed by atoms with Gasteiger partial charge in [0, 0.05) is 30.7 Å². The second kappa shape index (κ2) is 6.96. The van der Waals surface area contributed by atoms with Gasteiger partial charge in [-0.05, 0) is 36.4 Å². The predicted octanol–water partition coefficient (Wildman–Crippen LogP) is 2.51. The van der Waals surface area contributed by atoms with Crippen LogP contribution in [0, 0.1) is 0 Å². The average molecular weight is 404 g/mol. The Bertz CT molecular complexity index is 1270. The average Bonchev–Trinajstić information content (AvgIpc) is 3.02. The number of anilines is 3. The van der Waals surface area contributed by atoms with E-state index >= 15 is 0 Å². The van der Waals surface area contributed by atoms with Crippen molar-refractivity contribution in [3.05, 3.63) is 59.2 Å². The Morgan fingerprint density at radius 1 is 1.07 bits per heavy atom. The third kappa shape index (κ3) is 3.12. The lowest BCUT2D eigenvalue weighted by Crippen LogP contribution is -2.21. The molecular formula is C21H16N4O5. The van der Waals surface area contributed by atoms with Crippen LogP contribution >= 0.6 is 0 Å². The first-order valence-corrected chi connectivity index (χ1v) is 8.91. The molecule has 2 amide bonds. The van der Waals surface area contributed by atoms with E-state index in [1.807, 2.05) is 0 Å². The molecule has 9 nitrogen and oxygen atoms in total. The minimum Gasteiger partial charge on any atom is -0.478 e. The molecule has 1 aromatic heterocycles. The van der Waals surface area contributed by atoms with E-state index in [1.165, 1.54) is 23.1 Å². The van der Waals surface area contributed by atoms with Gasteiger partial charge in [-0.2, -0.15) is 0 Å². The van der Waals surface area contributed by atoms with Crippen LogP contribution in [0.1, 0.15) is 31.1 Å². The van der Waals surface area contributed by atoms with E-state index in [-0.39, 0.29) is 28.5 Å². The van der Waals surface area contributed by atoms with Crippen molar-refractivity contribution >= 4 is 51.7 Å². The molecule has 0 aliphatic carbocycles. The number of ketones is 1. The van der Waals surface area contributed by atoms with Crippen molar-refractivity contribution < 1.29 is 24.3 Å². The van der Waals surface area contributed by atoms with Crippen LogP contribution in [0.15, 0.2) is 42.5 Å². The smallest absolute Gasteiger partial charge is 0.335 e. The monoisotopic (exact) mass is 404 g/mol. The molecule has 1 aliphatic heterocycles. The quantitative estimate of drug-likeness (QED) is 0.570. The SMILES string of the molecule is CN(C)C(=O)c1cccc(Nc2nc3cc(C(=O)O)ccc3c3c2C(=O)C(=O)N3)c1. The number of hydrogen-bond donors (Lipinski definition) is 3. The number of Topliss-reactive ketones (excluding diaryl/α,β-unsaturated/α-hetero) is 1. The van der Waals surface area contributed by atoms with E-state index in [9.17, 15) is 24.3 Å². The molecule has 4 rings (SSSR count). The van der Waals surface area contributed by atoms with Crippen molar-refractivity contribution in [2.45, 2.75) is 0 Å². The Labute approximate surface area is 170 Å². The molecule has 3 N–H and O–H groups in total. The lowest BCUT2D eigenvalue weighted by Gasteiger charge is -2.14. The summed E-state index contributed by atoms with van der Waals surface area (Å²) in [5.41, 5.74) is 1.58. The molecule has 9 heteroatoms. The first-order chi connectivity index (χ1) is 14.3. The number of carboxylic acids is 1. The van der Waals surface area contributed by atoms with Crippen LogP contribution < -0.4 is 10.6 Å². The van der Waals surface area contributed by atoms with E-state index in [0.717, 1.165) is 0 Å². The van der Waals surface area contributed by atoms with Crippen molar-refractivity contribution in [1.82, 2.24) is 9.88 Å². The van der Waals surface area contributed by atoms with Gasteiger partial charge in [0.05, 0.1) is 22.3 Å². The third-order valence-corrected chi connectivity index (χ3v) is 4.68. The number of hydrogen-bond acceptors (Lipinski definition) is 6. The highest BCUT2D eigenvalue weighted by Crippen LogP contribution is 2.37. The maximum Gasteiger partial charge on any atom is 0.335 e. The number of nitrogens with zero attached hydrogens (tertiary/aromatic N) is 2. The minimum atomic E-state index is -1.12. The Morgan fingerprint density at radius 3 is 2.53 bits per heavy atom. The van der Waals surface area contributed by atoms with Gasteiger partial charge in [-0.15, -0.1) is 0 Å². The number of pyridine rings is 1. The first-order valence-electron chi connectivity index (χ1n) is 8.91. The summed E-state index contributed by atoms with van der Waals surface area (Å²) in [6.45, 7) is 0. The Morgan fingerprint density at radius 2 is 1.83 bits per heavy atom. The molecule has 2 heterocycles. The highest BCUT2D eigenvalue weighted by atomic mass is 16.4. The van der Waals surface area contributed by atoms with Crippen molar-refractivity contribution in [2.24, 2.45) is 0 Å². The molecular weight excluding hydrogens is 388 g/mol. The van der Waals surface area contributed by atoms with Gasteiger partial charge in [0.15, 0.2) is 0 Å².